The number of aliphatic hydroxyl groups is 1. The molecule has 6 nitrogen and oxygen atoms in total. The van der Waals surface area contributed by atoms with E-state index in [9.17, 15) is 5.11 Å². The third kappa shape index (κ3) is 9.70. The number of likely N-dealkylation sites (N-methyl/N-ethyl adjacent to an activating group) is 1. The number of methoxy groups -OCH3 is 1. The Kier molecular flexibility index (Phi) is 10.8. The third-order valence-corrected chi connectivity index (χ3v) is 5.07. The molecule has 0 saturated carbocycles. The molecule has 6 heteroatoms. The van der Waals surface area contributed by atoms with Crippen molar-refractivity contribution in [2.24, 2.45) is 0 Å². The molecule has 31 heavy (non-hydrogen) atoms. The Morgan fingerprint density at radius 3 is 2.23 bits per heavy atom. The van der Waals surface area contributed by atoms with Gasteiger partial charge in [0.15, 0.2) is 11.5 Å². The number of aliphatic hydroxyl groups excluding tert-OH is 1. The Hall–Kier alpha value is -2.12. The second-order valence-electron chi connectivity index (χ2n) is 8.53. The van der Waals surface area contributed by atoms with E-state index in [1.165, 1.54) is 11.1 Å². The summed E-state index contributed by atoms with van der Waals surface area (Å²) >= 11 is 0. The van der Waals surface area contributed by atoms with Gasteiger partial charge in [0.1, 0.15) is 12.7 Å². The van der Waals surface area contributed by atoms with Crippen LogP contribution in [0.5, 0.6) is 11.5 Å². The van der Waals surface area contributed by atoms with E-state index < -0.39 is 6.10 Å². The number of hydrogen-bond acceptors (Lipinski definition) is 6. The van der Waals surface area contributed by atoms with Crippen LogP contribution in [-0.4, -0.2) is 87.5 Å². The standard InChI is InChI=1S/C25H39N3O3/c1-26(2)14-9-15-27(3)18-22-12-13-24(30-5)25(16-22)31-20-23(29)19-28(4)17-21-10-7-6-8-11-21/h6-8,10-13,16,23,29H,9,14-15,17-20H2,1-5H3/t23-/m1/s1. The molecule has 0 spiro atoms. The first kappa shape index (κ1) is 25.1. The third-order valence-electron chi connectivity index (χ3n) is 5.07. The lowest BCUT2D eigenvalue weighted by atomic mass is 10.2. The Labute approximate surface area is 188 Å². The minimum atomic E-state index is -0.587. The van der Waals surface area contributed by atoms with E-state index in [-0.39, 0.29) is 6.61 Å². The fourth-order valence-corrected chi connectivity index (χ4v) is 3.54. The van der Waals surface area contributed by atoms with E-state index >= 15 is 0 Å². The van der Waals surface area contributed by atoms with Gasteiger partial charge in [-0.25, -0.2) is 0 Å². The first-order chi connectivity index (χ1) is 14.9. The van der Waals surface area contributed by atoms with Gasteiger partial charge in [0.25, 0.3) is 0 Å². The van der Waals surface area contributed by atoms with Crippen molar-refractivity contribution < 1.29 is 14.6 Å². The van der Waals surface area contributed by atoms with Crippen LogP contribution in [0.4, 0.5) is 0 Å². The van der Waals surface area contributed by atoms with E-state index in [4.69, 9.17) is 9.47 Å². The van der Waals surface area contributed by atoms with Gasteiger partial charge in [0, 0.05) is 19.6 Å². The summed E-state index contributed by atoms with van der Waals surface area (Å²) in [7, 11) is 9.97. The minimum Gasteiger partial charge on any atom is -0.493 e. The Bertz CT molecular complexity index is 755. The molecule has 0 heterocycles. The second-order valence-corrected chi connectivity index (χ2v) is 8.53. The van der Waals surface area contributed by atoms with Crippen LogP contribution < -0.4 is 9.47 Å². The molecule has 0 bridgehead atoms. The highest BCUT2D eigenvalue weighted by Crippen LogP contribution is 2.28. The maximum atomic E-state index is 10.5. The van der Waals surface area contributed by atoms with Gasteiger partial charge in [-0.15, -0.1) is 0 Å². The summed E-state index contributed by atoms with van der Waals surface area (Å²) in [5.74, 6) is 1.36. The lowest BCUT2D eigenvalue weighted by Crippen LogP contribution is -2.32. The Morgan fingerprint density at radius 2 is 1.55 bits per heavy atom. The highest BCUT2D eigenvalue weighted by atomic mass is 16.5. The summed E-state index contributed by atoms with van der Waals surface area (Å²) in [4.78, 5) is 6.61. The normalized spacial score (nSPS) is 12.5. The van der Waals surface area contributed by atoms with Gasteiger partial charge in [0.2, 0.25) is 0 Å². The van der Waals surface area contributed by atoms with Crippen LogP contribution in [0.1, 0.15) is 17.5 Å². The molecule has 0 saturated heterocycles. The lowest BCUT2D eigenvalue weighted by Gasteiger charge is -2.22. The van der Waals surface area contributed by atoms with Crippen LogP contribution in [0.2, 0.25) is 0 Å². The van der Waals surface area contributed by atoms with Gasteiger partial charge in [0.05, 0.1) is 7.11 Å². The van der Waals surface area contributed by atoms with Crippen LogP contribution in [0.3, 0.4) is 0 Å². The average Bonchev–Trinajstić information content (AvgIpc) is 2.72. The van der Waals surface area contributed by atoms with E-state index in [2.05, 4.69) is 54.0 Å². The number of hydrogen-bond donors (Lipinski definition) is 1. The van der Waals surface area contributed by atoms with Crippen molar-refractivity contribution in [3.63, 3.8) is 0 Å². The first-order valence-corrected chi connectivity index (χ1v) is 10.9. The largest absolute Gasteiger partial charge is 0.493 e. The van der Waals surface area contributed by atoms with Crippen LogP contribution in [0, 0.1) is 0 Å². The van der Waals surface area contributed by atoms with Crippen molar-refractivity contribution in [2.45, 2.75) is 25.6 Å². The summed E-state index contributed by atoms with van der Waals surface area (Å²) in [6.07, 6.45) is 0.543. The van der Waals surface area contributed by atoms with Crippen molar-refractivity contribution in [1.82, 2.24) is 14.7 Å². The molecule has 1 N–H and O–H groups in total. The zero-order chi connectivity index (χ0) is 22.6. The quantitative estimate of drug-likeness (QED) is 0.498. The van der Waals surface area contributed by atoms with Crippen molar-refractivity contribution in [2.75, 3.05) is 61.5 Å². The van der Waals surface area contributed by atoms with Gasteiger partial charge >= 0.3 is 0 Å². The molecular weight excluding hydrogens is 390 g/mol. The average molecular weight is 430 g/mol. The zero-order valence-electron chi connectivity index (χ0n) is 19.8. The molecule has 172 valence electrons. The molecular formula is C25H39N3O3. The van der Waals surface area contributed by atoms with Gasteiger partial charge in [-0.2, -0.15) is 0 Å². The predicted molar refractivity (Wildman–Crippen MR) is 127 cm³/mol. The van der Waals surface area contributed by atoms with Gasteiger partial charge in [-0.3, -0.25) is 4.90 Å². The molecule has 0 radical (unpaired) electrons. The monoisotopic (exact) mass is 429 g/mol. The smallest absolute Gasteiger partial charge is 0.161 e. The van der Waals surface area contributed by atoms with Crippen LogP contribution in [-0.2, 0) is 13.1 Å². The SMILES string of the molecule is COc1ccc(CN(C)CCCN(C)C)cc1OC[C@H](O)CN(C)Cc1ccccc1. The molecule has 2 aromatic rings. The maximum Gasteiger partial charge on any atom is 0.161 e. The lowest BCUT2D eigenvalue weighted by molar-refractivity contribution is 0.0732. The van der Waals surface area contributed by atoms with Gasteiger partial charge in [-0.05, 0) is 71.0 Å². The van der Waals surface area contributed by atoms with Crippen molar-refractivity contribution in [3.05, 3.63) is 59.7 Å². The van der Waals surface area contributed by atoms with E-state index in [1.54, 1.807) is 7.11 Å². The predicted octanol–water partition coefficient (Wildman–Crippen LogP) is 2.95. The molecule has 0 amide bonds. The Morgan fingerprint density at radius 1 is 0.839 bits per heavy atom. The highest BCUT2D eigenvalue weighted by molar-refractivity contribution is 5.43. The number of ether oxygens (including phenoxy) is 2. The summed E-state index contributed by atoms with van der Waals surface area (Å²) in [5, 5.41) is 10.5. The van der Waals surface area contributed by atoms with Crippen molar-refractivity contribution >= 4 is 0 Å². The van der Waals surface area contributed by atoms with Crippen LogP contribution >= 0.6 is 0 Å². The molecule has 0 fully saturated rings. The summed E-state index contributed by atoms with van der Waals surface area (Å²) in [6.45, 7) is 4.50. The van der Waals surface area contributed by atoms with Gasteiger partial charge < -0.3 is 24.4 Å². The fraction of sp³-hybridized carbons (Fsp3) is 0.520. The molecule has 2 rings (SSSR count). The van der Waals surface area contributed by atoms with Crippen molar-refractivity contribution in [1.29, 1.82) is 0 Å². The van der Waals surface area contributed by atoms with Gasteiger partial charge in [-0.1, -0.05) is 36.4 Å². The fourth-order valence-electron chi connectivity index (χ4n) is 3.54. The van der Waals surface area contributed by atoms with Crippen LogP contribution in [0.25, 0.3) is 0 Å². The molecule has 0 aliphatic carbocycles. The first-order valence-electron chi connectivity index (χ1n) is 10.9. The summed E-state index contributed by atoms with van der Waals surface area (Å²) in [6, 6.07) is 16.3. The Balaban J connectivity index is 1.85. The molecule has 0 aliphatic heterocycles. The molecule has 2 aromatic carbocycles. The van der Waals surface area contributed by atoms with Crippen LogP contribution in [0.15, 0.2) is 48.5 Å². The van der Waals surface area contributed by atoms with E-state index in [1.807, 2.05) is 37.4 Å². The summed E-state index contributed by atoms with van der Waals surface area (Å²) in [5.41, 5.74) is 2.39. The number of benzene rings is 2. The minimum absolute atomic E-state index is 0.220. The zero-order valence-corrected chi connectivity index (χ0v) is 19.8. The molecule has 0 unspecified atom stereocenters. The molecule has 1 atom stereocenters. The highest BCUT2D eigenvalue weighted by Gasteiger charge is 2.13. The maximum absolute atomic E-state index is 10.5. The molecule has 0 aromatic heterocycles. The summed E-state index contributed by atoms with van der Waals surface area (Å²) < 4.78 is 11.4. The number of nitrogens with zero attached hydrogens (tertiary/aromatic N) is 3. The van der Waals surface area contributed by atoms with Crippen molar-refractivity contribution in [3.8, 4) is 11.5 Å². The number of rotatable bonds is 14. The second kappa shape index (κ2) is 13.3. The van der Waals surface area contributed by atoms with E-state index in [0.717, 1.165) is 32.6 Å². The topological polar surface area (TPSA) is 48.4 Å². The van der Waals surface area contributed by atoms with E-state index in [0.29, 0.717) is 18.0 Å². The molecule has 0 aliphatic rings.